The Kier molecular flexibility index (Phi) is 11.2. The van der Waals surface area contributed by atoms with E-state index in [0.29, 0.717) is 0 Å². The third-order valence-electron chi connectivity index (χ3n) is 0. The maximum absolute atomic E-state index is 8.74. The van der Waals surface area contributed by atoms with Crippen LogP contribution in [0, 0.1) is 0 Å². The van der Waals surface area contributed by atoms with Crippen molar-refractivity contribution in [2.45, 2.75) is 0 Å². The van der Waals surface area contributed by atoms with Crippen LogP contribution in [0.2, 0.25) is 0 Å². The van der Waals surface area contributed by atoms with Crippen LogP contribution in [0.25, 0.3) is 0 Å². The molecule has 0 amide bonds. The molecular formula is H2O4S2Zn. The average Bonchev–Trinajstić information content (AvgIpc) is 0.722. The third kappa shape index (κ3) is 226. The molecule has 7 heavy (non-hydrogen) atoms. The van der Waals surface area contributed by atoms with Crippen LogP contribution < -0.4 is 0 Å². The molecule has 0 heterocycles. The minimum absolute atomic E-state index is 0. The molecule has 0 aromatic heterocycles. The van der Waals surface area contributed by atoms with Gasteiger partial charge in [-0.15, -0.1) is 0 Å². The van der Waals surface area contributed by atoms with Crippen LogP contribution in [-0.2, 0) is 43.4 Å². The molecule has 0 aliphatic carbocycles. The topological polar surface area (TPSA) is 74.6 Å². The van der Waals surface area contributed by atoms with E-state index in [1.807, 2.05) is 0 Å². The minimum Gasteiger partial charge on any atom is -2.00 e. The van der Waals surface area contributed by atoms with E-state index in [1.54, 1.807) is 0 Å². The third-order valence-corrected chi connectivity index (χ3v) is 0. The van der Waals surface area contributed by atoms with Crippen molar-refractivity contribution >= 4 is 23.9 Å². The second kappa shape index (κ2) is 4.99. The Hall–Kier alpha value is 0.843. The van der Waals surface area contributed by atoms with Gasteiger partial charge in [-0.2, -0.15) is 8.42 Å². The van der Waals surface area contributed by atoms with Gasteiger partial charge >= 0.3 is 29.9 Å². The SMILES string of the molecule is O=S(=O)(O)O.[S-2].[Zn+2]. The molecule has 2 N–H and O–H groups in total. The van der Waals surface area contributed by atoms with Gasteiger partial charge in [0.1, 0.15) is 0 Å². The van der Waals surface area contributed by atoms with Gasteiger partial charge in [-0.05, 0) is 0 Å². The maximum atomic E-state index is 8.74. The zero-order valence-electron chi connectivity index (χ0n) is 3.23. The van der Waals surface area contributed by atoms with Crippen molar-refractivity contribution in [1.82, 2.24) is 0 Å². The molecule has 0 saturated heterocycles. The zero-order chi connectivity index (χ0) is 4.50. The van der Waals surface area contributed by atoms with Crippen LogP contribution in [-0.4, -0.2) is 17.5 Å². The van der Waals surface area contributed by atoms with E-state index in [4.69, 9.17) is 17.5 Å². The Morgan fingerprint density at radius 1 is 1.14 bits per heavy atom. The molecule has 0 aromatic rings. The summed E-state index contributed by atoms with van der Waals surface area (Å²) in [6, 6.07) is 0. The first-order valence-electron chi connectivity index (χ1n) is 0.698. The molecule has 0 unspecified atom stereocenters. The van der Waals surface area contributed by atoms with E-state index in [1.165, 1.54) is 0 Å². The molecule has 0 radical (unpaired) electrons. The molecule has 0 atom stereocenters. The molecule has 0 rings (SSSR count). The van der Waals surface area contributed by atoms with E-state index in [-0.39, 0.29) is 33.0 Å². The molecule has 7 heteroatoms. The van der Waals surface area contributed by atoms with Gasteiger partial charge in [-0.25, -0.2) is 0 Å². The summed E-state index contributed by atoms with van der Waals surface area (Å²) >= 11 is 0. The first-order chi connectivity index (χ1) is 2.00. The van der Waals surface area contributed by atoms with Gasteiger partial charge in [-0.1, -0.05) is 0 Å². The Morgan fingerprint density at radius 2 is 1.14 bits per heavy atom. The van der Waals surface area contributed by atoms with Gasteiger partial charge < -0.3 is 13.5 Å². The maximum Gasteiger partial charge on any atom is 2.00 e. The molecule has 0 aliphatic heterocycles. The van der Waals surface area contributed by atoms with Crippen LogP contribution in [0.5, 0.6) is 0 Å². The van der Waals surface area contributed by atoms with E-state index in [0.717, 1.165) is 0 Å². The Bertz CT molecular complexity index is 92.9. The fourth-order valence-corrected chi connectivity index (χ4v) is 0. The fraction of sp³-hybridized carbons (Fsp3) is 0. The van der Waals surface area contributed by atoms with Crippen LogP contribution in [0.15, 0.2) is 0 Å². The monoisotopic (exact) mass is 194 g/mol. The van der Waals surface area contributed by atoms with Crippen LogP contribution in [0.4, 0.5) is 0 Å². The summed E-state index contributed by atoms with van der Waals surface area (Å²) in [6.45, 7) is 0. The van der Waals surface area contributed by atoms with Gasteiger partial charge in [0, 0.05) is 0 Å². The zero-order valence-corrected chi connectivity index (χ0v) is 7.83. The quantitative estimate of drug-likeness (QED) is 0.398. The predicted molar refractivity (Wildman–Crippen MR) is 21.5 cm³/mol. The Morgan fingerprint density at radius 3 is 1.14 bits per heavy atom. The van der Waals surface area contributed by atoms with Crippen LogP contribution in [0.3, 0.4) is 0 Å². The molecule has 40 valence electrons. The second-order valence-electron chi connectivity index (χ2n) is 0.448. The average molecular weight is 196 g/mol. The van der Waals surface area contributed by atoms with Crippen molar-refractivity contribution in [3.05, 3.63) is 0 Å². The molecule has 0 fully saturated rings. The van der Waals surface area contributed by atoms with E-state index >= 15 is 0 Å². The first-order valence-corrected chi connectivity index (χ1v) is 2.10. The standard InChI is InChI=1S/H2O4S.S.Zn/c1-5(2,3)4;;/h(H2,1,2,3,4);;/q;-2;+2. The van der Waals surface area contributed by atoms with Gasteiger partial charge in [0.15, 0.2) is 0 Å². The Balaban J connectivity index is -0.0000000800. The number of rotatable bonds is 0. The van der Waals surface area contributed by atoms with Crippen molar-refractivity contribution in [1.29, 1.82) is 0 Å². The van der Waals surface area contributed by atoms with Crippen LogP contribution in [0.1, 0.15) is 0 Å². The molecule has 0 saturated carbocycles. The first kappa shape index (κ1) is 15.7. The summed E-state index contributed by atoms with van der Waals surface area (Å²) in [5.41, 5.74) is 0. The molecule has 4 nitrogen and oxygen atoms in total. The smallest absolute Gasteiger partial charge is 2.00 e. The summed E-state index contributed by atoms with van der Waals surface area (Å²) in [5.74, 6) is 0. The van der Waals surface area contributed by atoms with Gasteiger partial charge in [-0.3, -0.25) is 9.11 Å². The van der Waals surface area contributed by atoms with Crippen molar-refractivity contribution in [2.24, 2.45) is 0 Å². The molecule has 0 aromatic carbocycles. The van der Waals surface area contributed by atoms with Gasteiger partial charge in [0.05, 0.1) is 0 Å². The molecular weight excluding hydrogens is 194 g/mol. The van der Waals surface area contributed by atoms with Crippen molar-refractivity contribution in [3.8, 4) is 0 Å². The number of hydrogen-bond donors (Lipinski definition) is 2. The largest absolute Gasteiger partial charge is 2.00 e. The molecule has 0 spiro atoms. The van der Waals surface area contributed by atoms with Gasteiger partial charge in [0.25, 0.3) is 0 Å². The van der Waals surface area contributed by atoms with E-state index in [2.05, 4.69) is 0 Å². The fourth-order valence-electron chi connectivity index (χ4n) is 0. The van der Waals surface area contributed by atoms with Crippen molar-refractivity contribution < 1.29 is 37.0 Å². The van der Waals surface area contributed by atoms with Crippen LogP contribution >= 0.6 is 0 Å². The van der Waals surface area contributed by atoms with E-state index in [9.17, 15) is 0 Å². The Labute approximate surface area is 61.1 Å². The summed E-state index contributed by atoms with van der Waals surface area (Å²) in [6.07, 6.45) is 0. The number of hydrogen-bond acceptors (Lipinski definition) is 2. The van der Waals surface area contributed by atoms with E-state index < -0.39 is 10.4 Å². The van der Waals surface area contributed by atoms with Crippen molar-refractivity contribution in [3.63, 3.8) is 0 Å². The van der Waals surface area contributed by atoms with Crippen molar-refractivity contribution in [2.75, 3.05) is 0 Å². The molecule has 0 aliphatic rings. The summed E-state index contributed by atoms with van der Waals surface area (Å²) in [7, 11) is -4.67. The summed E-state index contributed by atoms with van der Waals surface area (Å²) < 4.78 is 31.6. The second-order valence-corrected chi connectivity index (χ2v) is 1.34. The normalized spacial score (nSPS) is 8.29. The minimum atomic E-state index is -4.67. The molecule has 0 bridgehead atoms. The summed E-state index contributed by atoms with van der Waals surface area (Å²) in [4.78, 5) is 0. The van der Waals surface area contributed by atoms with Gasteiger partial charge in [0.2, 0.25) is 0 Å². The summed E-state index contributed by atoms with van der Waals surface area (Å²) in [5, 5.41) is 0. The predicted octanol–water partition coefficient (Wildman–Crippen LogP) is -0.658.